The van der Waals surface area contributed by atoms with Crippen LogP contribution in [-0.4, -0.2) is 113 Å². The summed E-state index contributed by atoms with van der Waals surface area (Å²) in [6.45, 7) is 0. The summed E-state index contributed by atoms with van der Waals surface area (Å²) < 4.78 is 1.40. The van der Waals surface area contributed by atoms with Gasteiger partial charge in [0.2, 0.25) is 0 Å². The predicted octanol–water partition coefficient (Wildman–Crippen LogP) is -1.55. The Labute approximate surface area is 238 Å². The van der Waals surface area contributed by atoms with E-state index in [0.717, 1.165) is 34.2 Å². The van der Waals surface area contributed by atoms with E-state index in [1.165, 1.54) is 29.8 Å². The average molecular weight is 563 g/mol. The maximum atomic E-state index is 12.9. The number of carbonyl (C=O) groups excluding carboxylic acids is 2. The molecule has 0 aliphatic carbocycles. The number of aromatic nitrogens is 4. The van der Waals surface area contributed by atoms with Gasteiger partial charge in [0.1, 0.15) is 30.4 Å². The van der Waals surface area contributed by atoms with Crippen LogP contribution >= 0.6 is 34.9 Å². The van der Waals surface area contributed by atoms with Crippen LogP contribution in [0.5, 0.6) is 0 Å². The van der Waals surface area contributed by atoms with Crippen LogP contribution in [0.15, 0.2) is 38.8 Å². The summed E-state index contributed by atoms with van der Waals surface area (Å²) >= 11 is 3.48. The van der Waals surface area contributed by atoms with Crippen LogP contribution in [0, 0.1) is 0 Å². The molecule has 0 saturated carbocycles. The fourth-order valence-electron chi connectivity index (χ4n) is 3.35. The minimum atomic E-state index is -1.26. The Bertz CT molecular complexity index is 1330. The molecule has 1 fully saturated rings. The molecule has 0 aromatic carbocycles. The fourth-order valence-corrected chi connectivity index (χ4v) is 6.42. The van der Waals surface area contributed by atoms with E-state index in [-0.39, 0.29) is 51.9 Å². The van der Waals surface area contributed by atoms with Crippen molar-refractivity contribution in [3.63, 3.8) is 0 Å². The van der Waals surface area contributed by atoms with Crippen molar-refractivity contribution in [1.29, 1.82) is 0 Å². The van der Waals surface area contributed by atoms with Gasteiger partial charge in [0.05, 0.1) is 4.88 Å². The molecule has 14 nitrogen and oxygen atoms in total. The van der Waals surface area contributed by atoms with E-state index in [1.807, 2.05) is 0 Å². The van der Waals surface area contributed by atoms with Crippen LogP contribution < -0.4 is 16.6 Å². The number of carboxylic acid groups (broad SMARTS) is 1. The van der Waals surface area contributed by atoms with Crippen molar-refractivity contribution < 1.29 is 24.3 Å². The summed E-state index contributed by atoms with van der Waals surface area (Å²) in [5.41, 5.74) is 5.35. The van der Waals surface area contributed by atoms with Gasteiger partial charge in [-0.2, -0.15) is 10.1 Å². The van der Waals surface area contributed by atoms with Gasteiger partial charge in [-0.25, -0.2) is 14.5 Å². The number of hydrogen-bond donors (Lipinski definition) is 3. The quantitative estimate of drug-likeness (QED) is 0.110. The van der Waals surface area contributed by atoms with Crippen LogP contribution in [0.2, 0.25) is 0 Å². The number of thioether (sulfide) groups is 2. The van der Waals surface area contributed by atoms with Gasteiger partial charge < -0.3 is 21.0 Å². The number of nitrogen functional groups attached to an aromatic ring is 1. The minimum absolute atomic E-state index is 0. The molecule has 2 amide bonds. The fraction of sp³-hybridized carbons (Fsp3) is 0.333. The second-order valence-electron chi connectivity index (χ2n) is 7.09. The molecule has 18 heteroatoms. The first kappa shape index (κ1) is 28.1. The number of nitrogens with one attached hydrogen (secondary N) is 1. The number of thiazole rings is 1. The van der Waals surface area contributed by atoms with Crippen molar-refractivity contribution in [3.8, 4) is 0 Å². The van der Waals surface area contributed by atoms with Crippen molar-refractivity contribution in [2.75, 3.05) is 24.3 Å². The van der Waals surface area contributed by atoms with Crippen LogP contribution in [0.3, 0.4) is 0 Å². The summed E-state index contributed by atoms with van der Waals surface area (Å²) in [6.07, 6.45) is 2.44. The second kappa shape index (κ2) is 11.7. The van der Waals surface area contributed by atoms with Gasteiger partial charge in [0.15, 0.2) is 16.0 Å². The molecular weight excluding hydrogens is 543 g/mol. The van der Waals surface area contributed by atoms with Gasteiger partial charge in [-0.15, -0.1) is 11.8 Å². The van der Waals surface area contributed by atoms with E-state index >= 15 is 0 Å². The van der Waals surface area contributed by atoms with Gasteiger partial charge >= 0.3 is 35.5 Å². The number of amides is 2. The zero-order valence-electron chi connectivity index (χ0n) is 18.2. The van der Waals surface area contributed by atoms with Gasteiger partial charge in [-0.05, 0) is 5.57 Å². The molecule has 0 radical (unpaired) electrons. The monoisotopic (exact) mass is 562 g/mol. The van der Waals surface area contributed by atoms with Crippen molar-refractivity contribution in [2.45, 2.75) is 16.6 Å². The first-order valence-electron chi connectivity index (χ1n) is 9.78. The summed E-state index contributed by atoms with van der Waals surface area (Å²) in [4.78, 5) is 63.3. The van der Waals surface area contributed by atoms with Crippen LogP contribution in [0.1, 0.15) is 4.88 Å². The van der Waals surface area contributed by atoms with Crippen LogP contribution in [0.4, 0.5) is 5.13 Å². The standard InChI is InChI=1S/C18H18N8O6S3.Na.H/c1-25-18(22-9(27)4-21-25)34-6-7-5-33-15-11(14(29)26(15)12(7)16(30)31)23-13(28)10(24-32-2)8-3-20-17(19)35-8;;/h3-4,11,15H,5-6H2,1-2H3,(H2,19,20)(H,23,28)(H,30,31);;/b24-10+;;/t11-,15-;;/m1../s1. The number of β-lactam (4-membered cyclic amide) rings is 1. The number of oxime groups is 1. The van der Waals surface area contributed by atoms with Gasteiger partial charge in [0.25, 0.3) is 17.4 Å². The van der Waals surface area contributed by atoms with E-state index in [1.54, 1.807) is 7.05 Å². The normalized spacial score (nSPS) is 19.2. The van der Waals surface area contributed by atoms with E-state index in [9.17, 15) is 24.3 Å². The first-order chi connectivity index (χ1) is 16.7. The van der Waals surface area contributed by atoms with Crippen molar-refractivity contribution >= 4 is 93.0 Å². The zero-order chi connectivity index (χ0) is 25.3. The molecule has 186 valence electrons. The summed E-state index contributed by atoms with van der Waals surface area (Å²) in [5, 5.41) is 20.0. The van der Waals surface area contributed by atoms with Gasteiger partial charge in [-0.3, -0.25) is 19.3 Å². The van der Waals surface area contributed by atoms with E-state index in [2.05, 4.69) is 25.5 Å². The molecule has 36 heavy (non-hydrogen) atoms. The third kappa shape index (κ3) is 5.60. The van der Waals surface area contributed by atoms with Crippen molar-refractivity contribution in [2.24, 2.45) is 12.2 Å². The third-order valence-electron chi connectivity index (χ3n) is 4.89. The molecule has 2 aliphatic rings. The maximum absolute atomic E-state index is 12.9. The number of aliphatic carboxylic acids is 1. The molecule has 1 saturated heterocycles. The molecule has 2 atom stereocenters. The average Bonchev–Trinajstić information content (AvgIpc) is 3.26. The molecule has 2 aromatic heterocycles. The van der Waals surface area contributed by atoms with Gasteiger partial charge in [-0.1, -0.05) is 28.3 Å². The first-order valence-corrected chi connectivity index (χ1v) is 12.6. The molecule has 0 spiro atoms. The second-order valence-corrected chi connectivity index (χ2v) is 10.2. The Balaban J connectivity index is 0.00000361. The summed E-state index contributed by atoms with van der Waals surface area (Å²) in [5.74, 6) is -2.03. The SMILES string of the molecule is CO/N=C(/C(=O)N[C@@H]1C(=O)N2C(C(=O)O)=C(CSc3nc(=O)cnn3C)CS[C@H]12)c1cnc(N)s1.[NaH]. The van der Waals surface area contributed by atoms with E-state index in [4.69, 9.17) is 10.6 Å². The Morgan fingerprint density at radius 1 is 1.39 bits per heavy atom. The Morgan fingerprint density at radius 2 is 2.14 bits per heavy atom. The number of fused-ring (bicyclic) bond motifs is 1. The number of nitrogens with zero attached hydrogens (tertiary/aromatic N) is 6. The molecule has 0 unspecified atom stereocenters. The van der Waals surface area contributed by atoms with Crippen LogP contribution in [0.25, 0.3) is 0 Å². The Hall–Kier alpha value is -2.44. The zero-order valence-corrected chi connectivity index (χ0v) is 20.6. The molecule has 4 N–H and O–H groups in total. The molecule has 2 aliphatic heterocycles. The molecule has 4 rings (SSSR count). The summed E-state index contributed by atoms with van der Waals surface area (Å²) in [7, 11) is 2.88. The van der Waals surface area contributed by atoms with Gasteiger partial charge in [0, 0.05) is 24.8 Å². The Kier molecular flexibility index (Phi) is 9.18. The Morgan fingerprint density at radius 3 is 2.78 bits per heavy atom. The molecule has 0 bridgehead atoms. The molecule has 4 heterocycles. The summed E-state index contributed by atoms with van der Waals surface area (Å²) in [6, 6.07) is -0.954. The number of aryl methyl sites for hydroxylation is 1. The number of anilines is 1. The predicted molar refractivity (Wildman–Crippen MR) is 135 cm³/mol. The van der Waals surface area contributed by atoms with E-state index in [0.29, 0.717) is 21.4 Å². The topological polar surface area (TPSA) is 195 Å². The number of rotatable bonds is 8. The third-order valence-corrected chi connectivity index (χ3v) is 8.17. The number of nitrogens with two attached hydrogens (primary N) is 1. The number of hydrogen-bond acceptors (Lipinski definition) is 13. The van der Waals surface area contributed by atoms with Crippen LogP contribution in [-0.2, 0) is 26.3 Å². The van der Waals surface area contributed by atoms with E-state index < -0.39 is 34.8 Å². The number of carbonyl (C=O) groups is 3. The van der Waals surface area contributed by atoms with Crippen molar-refractivity contribution in [3.05, 3.63) is 38.9 Å². The molecular formula is C18H19N8NaO6S3. The number of carboxylic acids is 1. The molecule has 2 aromatic rings. The van der Waals surface area contributed by atoms with Crippen molar-refractivity contribution in [1.82, 2.24) is 30.0 Å².